The SMILES string of the molecule is O=C(NC(CCCNC1CC1c1ccc(Cl)c(Cl)c1)C(=O)N1CCS(=O)(=O)CC1)c1ccc(C(F)(F)F)cc1. The van der Waals surface area contributed by atoms with Gasteiger partial charge in [0.05, 0.1) is 27.1 Å². The van der Waals surface area contributed by atoms with Crippen molar-refractivity contribution in [2.75, 3.05) is 31.1 Å². The Balaban J connectivity index is 1.35. The van der Waals surface area contributed by atoms with E-state index in [4.69, 9.17) is 23.2 Å². The molecule has 1 aliphatic heterocycles. The molecular formula is C26H28Cl2F3N3O4S. The van der Waals surface area contributed by atoms with Crippen molar-refractivity contribution >= 4 is 44.9 Å². The smallest absolute Gasteiger partial charge is 0.340 e. The minimum Gasteiger partial charge on any atom is -0.340 e. The van der Waals surface area contributed by atoms with Gasteiger partial charge in [0.1, 0.15) is 6.04 Å². The standard InChI is InChI=1S/C26H28Cl2F3N3O4S/c27-20-8-5-17(14-21(20)28)19-15-23(19)32-9-1-2-22(25(36)34-10-12-39(37,38)13-11-34)33-24(35)16-3-6-18(7-4-16)26(29,30)31/h3-8,14,19,22-23,32H,1-2,9-13,15H2,(H,33,35). The average molecular weight is 606 g/mol. The van der Waals surface area contributed by atoms with Crippen LogP contribution in [0.2, 0.25) is 10.0 Å². The Morgan fingerprint density at radius 2 is 1.69 bits per heavy atom. The molecule has 39 heavy (non-hydrogen) atoms. The third kappa shape index (κ3) is 7.87. The van der Waals surface area contributed by atoms with E-state index in [1.165, 1.54) is 4.90 Å². The van der Waals surface area contributed by atoms with Crippen LogP contribution in [0.4, 0.5) is 13.2 Å². The van der Waals surface area contributed by atoms with Crippen LogP contribution in [0, 0.1) is 0 Å². The summed E-state index contributed by atoms with van der Waals surface area (Å²) >= 11 is 12.1. The van der Waals surface area contributed by atoms with Gasteiger partial charge in [-0.2, -0.15) is 13.2 Å². The molecule has 2 aromatic carbocycles. The van der Waals surface area contributed by atoms with E-state index in [9.17, 15) is 31.2 Å². The maximum Gasteiger partial charge on any atom is 0.416 e. The van der Waals surface area contributed by atoms with Gasteiger partial charge in [0.15, 0.2) is 9.84 Å². The number of sulfone groups is 1. The number of rotatable bonds is 9. The van der Waals surface area contributed by atoms with Crippen molar-refractivity contribution < 1.29 is 31.2 Å². The molecule has 2 aromatic rings. The number of hydrogen-bond acceptors (Lipinski definition) is 5. The van der Waals surface area contributed by atoms with E-state index in [-0.39, 0.29) is 42.6 Å². The van der Waals surface area contributed by atoms with Crippen molar-refractivity contribution in [1.82, 2.24) is 15.5 Å². The third-order valence-electron chi connectivity index (χ3n) is 6.97. The first-order valence-electron chi connectivity index (χ1n) is 12.5. The van der Waals surface area contributed by atoms with Gasteiger partial charge >= 0.3 is 6.18 Å². The number of hydrogen-bond donors (Lipinski definition) is 2. The Kier molecular flexibility index (Phi) is 9.15. The zero-order valence-corrected chi connectivity index (χ0v) is 23.1. The summed E-state index contributed by atoms with van der Waals surface area (Å²) in [5, 5.41) is 7.06. The first-order chi connectivity index (χ1) is 18.3. The van der Waals surface area contributed by atoms with Crippen LogP contribution in [0.1, 0.15) is 46.7 Å². The van der Waals surface area contributed by atoms with E-state index in [0.717, 1.165) is 36.2 Å². The predicted molar refractivity (Wildman–Crippen MR) is 143 cm³/mol. The van der Waals surface area contributed by atoms with Crippen LogP contribution in [-0.4, -0.2) is 68.4 Å². The lowest BCUT2D eigenvalue weighted by Gasteiger charge is -2.30. The quantitative estimate of drug-likeness (QED) is 0.416. The number of benzene rings is 2. The molecule has 2 N–H and O–H groups in total. The fraction of sp³-hybridized carbons (Fsp3) is 0.462. The summed E-state index contributed by atoms with van der Waals surface area (Å²) in [4.78, 5) is 27.4. The summed E-state index contributed by atoms with van der Waals surface area (Å²) < 4.78 is 62.2. The molecule has 3 atom stereocenters. The van der Waals surface area contributed by atoms with Crippen molar-refractivity contribution in [1.29, 1.82) is 0 Å². The Labute approximate surface area is 234 Å². The minimum atomic E-state index is -4.53. The molecule has 7 nitrogen and oxygen atoms in total. The molecule has 1 aliphatic carbocycles. The van der Waals surface area contributed by atoms with Crippen molar-refractivity contribution in [3.63, 3.8) is 0 Å². The van der Waals surface area contributed by atoms with E-state index >= 15 is 0 Å². The largest absolute Gasteiger partial charge is 0.416 e. The fourth-order valence-electron chi connectivity index (χ4n) is 4.59. The van der Waals surface area contributed by atoms with E-state index in [2.05, 4.69) is 10.6 Å². The molecule has 0 spiro atoms. The zero-order valence-electron chi connectivity index (χ0n) is 20.8. The molecule has 3 unspecified atom stereocenters. The van der Waals surface area contributed by atoms with E-state index in [1.54, 1.807) is 6.07 Å². The number of nitrogens with zero attached hydrogens (tertiary/aromatic N) is 1. The monoisotopic (exact) mass is 605 g/mol. The number of amides is 2. The second kappa shape index (κ2) is 12.0. The average Bonchev–Trinajstić information content (AvgIpc) is 3.66. The van der Waals surface area contributed by atoms with Crippen LogP contribution >= 0.6 is 23.2 Å². The van der Waals surface area contributed by atoms with Crippen LogP contribution in [0.25, 0.3) is 0 Å². The normalized spacial score (nSPS) is 21.3. The summed E-state index contributed by atoms with van der Waals surface area (Å²) in [6.07, 6.45) is -2.81. The van der Waals surface area contributed by atoms with E-state index < -0.39 is 39.4 Å². The molecule has 1 heterocycles. The second-order valence-corrected chi connectivity index (χ2v) is 12.9. The van der Waals surface area contributed by atoms with Crippen molar-refractivity contribution in [2.45, 2.75) is 43.4 Å². The lowest BCUT2D eigenvalue weighted by molar-refractivity contribution is -0.137. The van der Waals surface area contributed by atoms with Crippen LogP contribution in [0.5, 0.6) is 0 Å². The van der Waals surface area contributed by atoms with Gasteiger partial charge in [0.2, 0.25) is 5.91 Å². The number of carbonyl (C=O) groups excluding carboxylic acids is 2. The van der Waals surface area contributed by atoms with Crippen LogP contribution in [0.3, 0.4) is 0 Å². The minimum absolute atomic E-state index is 0.0115. The number of nitrogens with one attached hydrogen (secondary N) is 2. The molecule has 2 amide bonds. The number of carbonyl (C=O) groups is 2. The summed E-state index contributed by atoms with van der Waals surface area (Å²) in [7, 11) is -3.21. The molecule has 4 rings (SSSR count). The molecule has 1 saturated carbocycles. The van der Waals surface area contributed by atoms with Crippen LogP contribution in [-0.2, 0) is 20.8 Å². The topological polar surface area (TPSA) is 95.6 Å². The number of halogens is 5. The predicted octanol–water partition coefficient (Wildman–Crippen LogP) is 4.29. The maximum atomic E-state index is 13.2. The van der Waals surface area contributed by atoms with Gasteiger partial charge in [-0.3, -0.25) is 9.59 Å². The molecule has 1 saturated heterocycles. The second-order valence-electron chi connectivity index (χ2n) is 9.80. The molecule has 212 valence electrons. The van der Waals surface area contributed by atoms with Crippen LogP contribution in [0.15, 0.2) is 42.5 Å². The molecule has 0 bridgehead atoms. The Morgan fingerprint density at radius 3 is 2.31 bits per heavy atom. The van der Waals surface area contributed by atoms with Gasteiger partial charge in [-0.25, -0.2) is 8.42 Å². The highest BCUT2D eigenvalue weighted by molar-refractivity contribution is 7.91. The molecule has 0 radical (unpaired) electrons. The van der Waals surface area contributed by atoms with Crippen molar-refractivity contribution in [3.05, 3.63) is 69.2 Å². The lowest BCUT2D eigenvalue weighted by atomic mass is 10.1. The molecule has 0 aromatic heterocycles. The molecule has 2 fully saturated rings. The highest BCUT2D eigenvalue weighted by Crippen LogP contribution is 2.42. The van der Waals surface area contributed by atoms with Gasteiger partial charge in [0, 0.05) is 30.6 Å². The summed E-state index contributed by atoms with van der Waals surface area (Å²) in [6.45, 7) is 0.621. The Morgan fingerprint density at radius 1 is 1.03 bits per heavy atom. The van der Waals surface area contributed by atoms with E-state index in [1.807, 2.05) is 12.1 Å². The van der Waals surface area contributed by atoms with E-state index in [0.29, 0.717) is 28.9 Å². The van der Waals surface area contributed by atoms with Gasteiger partial charge < -0.3 is 15.5 Å². The first kappa shape index (κ1) is 29.6. The zero-order chi connectivity index (χ0) is 28.4. The van der Waals surface area contributed by atoms with Gasteiger partial charge in [0.25, 0.3) is 5.91 Å². The summed E-state index contributed by atoms with van der Waals surface area (Å²) in [5.41, 5.74) is 0.188. The van der Waals surface area contributed by atoms with Gasteiger partial charge in [-0.05, 0) is 67.8 Å². The fourth-order valence-corrected chi connectivity index (χ4v) is 6.10. The van der Waals surface area contributed by atoms with Crippen molar-refractivity contribution in [2.24, 2.45) is 0 Å². The Bertz CT molecular complexity index is 1310. The summed E-state index contributed by atoms with van der Waals surface area (Å²) in [6, 6.07) is 8.57. The highest BCUT2D eigenvalue weighted by atomic mass is 35.5. The van der Waals surface area contributed by atoms with Gasteiger partial charge in [-0.15, -0.1) is 0 Å². The van der Waals surface area contributed by atoms with Gasteiger partial charge in [-0.1, -0.05) is 29.3 Å². The van der Waals surface area contributed by atoms with Crippen LogP contribution < -0.4 is 10.6 Å². The molecule has 13 heteroatoms. The first-order valence-corrected chi connectivity index (χ1v) is 15.1. The molecular weight excluding hydrogens is 578 g/mol. The Hall–Kier alpha value is -2.34. The lowest BCUT2D eigenvalue weighted by Crippen LogP contribution is -2.53. The summed E-state index contributed by atoms with van der Waals surface area (Å²) in [5.74, 6) is -1.10. The third-order valence-corrected chi connectivity index (χ3v) is 9.32. The molecule has 2 aliphatic rings. The maximum absolute atomic E-state index is 13.2. The number of alkyl halides is 3. The van der Waals surface area contributed by atoms with Crippen molar-refractivity contribution in [3.8, 4) is 0 Å². The highest BCUT2D eigenvalue weighted by Gasteiger charge is 2.38.